The second-order valence-electron chi connectivity index (χ2n) is 10.4. The lowest BCUT2D eigenvalue weighted by Gasteiger charge is -2.42. The van der Waals surface area contributed by atoms with Crippen molar-refractivity contribution in [1.29, 1.82) is 0 Å². The van der Waals surface area contributed by atoms with E-state index in [1.54, 1.807) is 23.5 Å². The number of piperazine rings is 1. The average molecular weight is 550 g/mol. The Morgan fingerprint density at radius 1 is 1.08 bits per heavy atom. The van der Waals surface area contributed by atoms with Crippen molar-refractivity contribution >= 4 is 23.2 Å². The molecule has 1 saturated heterocycles. The zero-order valence-corrected chi connectivity index (χ0v) is 23.5. The van der Waals surface area contributed by atoms with Gasteiger partial charge in [-0.1, -0.05) is 25.5 Å². The fraction of sp³-hybridized carbons (Fsp3) is 0.419. The van der Waals surface area contributed by atoms with Crippen LogP contribution in [0.3, 0.4) is 0 Å². The van der Waals surface area contributed by atoms with Gasteiger partial charge in [-0.15, -0.1) is 11.3 Å². The zero-order valence-electron chi connectivity index (χ0n) is 22.6. The summed E-state index contributed by atoms with van der Waals surface area (Å²) in [6.07, 6.45) is 2.96. The molecule has 206 valence electrons. The number of amides is 2. The predicted molar refractivity (Wildman–Crippen MR) is 152 cm³/mol. The Kier molecular flexibility index (Phi) is 8.63. The van der Waals surface area contributed by atoms with E-state index in [9.17, 15) is 14.0 Å². The Morgan fingerprint density at radius 3 is 2.64 bits per heavy atom. The molecule has 0 bridgehead atoms. The number of carbonyl (C=O) groups is 2. The van der Waals surface area contributed by atoms with Crippen LogP contribution in [-0.2, 0) is 11.2 Å². The first-order valence-corrected chi connectivity index (χ1v) is 14.7. The molecule has 2 unspecified atom stereocenters. The van der Waals surface area contributed by atoms with Crippen molar-refractivity contribution in [1.82, 2.24) is 14.7 Å². The maximum Gasteiger partial charge on any atom is 0.254 e. The molecule has 2 atom stereocenters. The lowest BCUT2D eigenvalue weighted by molar-refractivity contribution is -0.135. The van der Waals surface area contributed by atoms with E-state index >= 15 is 0 Å². The molecule has 2 aromatic carbocycles. The quantitative estimate of drug-likeness (QED) is 0.354. The molecule has 1 fully saturated rings. The van der Waals surface area contributed by atoms with E-state index in [0.717, 1.165) is 42.7 Å². The summed E-state index contributed by atoms with van der Waals surface area (Å²) in [5, 5.41) is 2.08. The Labute approximate surface area is 234 Å². The molecule has 2 aliphatic heterocycles. The first-order valence-electron chi connectivity index (χ1n) is 13.8. The van der Waals surface area contributed by atoms with E-state index in [0.29, 0.717) is 31.8 Å². The van der Waals surface area contributed by atoms with Crippen molar-refractivity contribution in [3.63, 3.8) is 0 Å². The van der Waals surface area contributed by atoms with Gasteiger partial charge >= 0.3 is 0 Å². The van der Waals surface area contributed by atoms with E-state index in [2.05, 4.69) is 23.3 Å². The monoisotopic (exact) mass is 549 g/mol. The van der Waals surface area contributed by atoms with Gasteiger partial charge in [0.25, 0.3) is 5.91 Å². The number of ether oxygens (including phenoxy) is 1. The number of halogens is 1. The molecule has 39 heavy (non-hydrogen) atoms. The van der Waals surface area contributed by atoms with E-state index in [-0.39, 0.29) is 36.3 Å². The Bertz CT molecular complexity index is 1290. The summed E-state index contributed by atoms with van der Waals surface area (Å²) in [5.74, 6) is 0.520. The number of unbranched alkanes of at least 4 members (excludes halogenated alkanes) is 1. The van der Waals surface area contributed by atoms with Crippen LogP contribution in [0.1, 0.15) is 59.1 Å². The molecular formula is C31H36FN3O3S. The molecule has 2 amide bonds. The maximum absolute atomic E-state index is 14.1. The number of benzene rings is 2. The first-order chi connectivity index (χ1) is 18.9. The number of fused-ring (bicyclic) bond motifs is 1. The zero-order chi connectivity index (χ0) is 27.4. The van der Waals surface area contributed by atoms with Gasteiger partial charge in [-0.25, -0.2) is 4.39 Å². The topological polar surface area (TPSA) is 53.1 Å². The van der Waals surface area contributed by atoms with Crippen LogP contribution < -0.4 is 4.74 Å². The molecule has 0 aliphatic carbocycles. The van der Waals surface area contributed by atoms with E-state index < -0.39 is 0 Å². The highest BCUT2D eigenvalue weighted by Crippen LogP contribution is 2.38. The summed E-state index contributed by atoms with van der Waals surface area (Å²) in [6, 6.07) is 15.9. The Balaban J connectivity index is 1.21. The average Bonchev–Trinajstić information content (AvgIpc) is 3.42. The summed E-state index contributed by atoms with van der Waals surface area (Å²) in [5.41, 5.74) is 2.66. The third-order valence-corrected chi connectivity index (χ3v) is 8.67. The summed E-state index contributed by atoms with van der Waals surface area (Å²) in [7, 11) is 0. The maximum atomic E-state index is 14.1. The van der Waals surface area contributed by atoms with Crippen molar-refractivity contribution in [2.24, 2.45) is 0 Å². The first kappa shape index (κ1) is 27.3. The van der Waals surface area contributed by atoms with Gasteiger partial charge in [-0.05, 0) is 78.7 Å². The fourth-order valence-electron chi connectivity index (χ4n) is 5.56. The van der Waals surface area contributed by atoms with Gasteiger partial charge in [0.1, 0.15) is 11.6 Å². The molecule has 8 heteroatoms. The normalized spacial score (nSPS) is 19.6. The van der Waals surface area contributed by atoms with Crippen molar-refractivity contribution < 1.29 is 18.7 Å². The van der Waals surface area contributed by atoms with Crippen LogP contribution in [0.2, 0.25) is 0 Å². The van der Waals surface area contributed by atoms with Crippen LogP contribution in [-0.4, -0.2) is 71.9 Å². The van der Waals surface area contributed by atoms with E-state index in [4.69, 9.17) is 4.74 Å². The van der Waals surface area contributed by atoms with Crippen LogP contribution in [0.4, 0.5) is 4.39 Å². The highest BCUT2D eigenvalue weighted by molar-refractivity contribution is 7.10. The summed E-state index contributed by atoms with van der Waals surface area (Å²) in [6.45, 7) is 7.27. The molecule has 0 N–H and O–H groups in total. The minimum atomic E-state index is -0.269. The van der Waals surface area contributed by atoms with Gasteiger partial charge < -0.3 is 14.5 Å². The number of nitrogens with zero attached hydrogens (tertiary/aromatic N) is 3. The van der Waals surface area contributed by atoms with Gasteiger partial charge in [0.15, 0.2) is 0 Å². The molecule has 3 heterocycles. The SMILES string of the molecule is CCCCOc1ccc(C(=O)N2CCN(C(=O)CN3CCc4sccc4C3c3cccc(F)c3)CC2C)cc1. The Hall–Kier alpha value is -3.23. The van der Waals surface area contributed by atoms with Gasteiger partial charge in [0.2, 0.25) is 5.91 Å². The van der Waals surface area contributed by atoms with Crippen molar-refractivity contribution in [3.05, 3.63) is 87.4 Å². The van der Waals surface area contributed by atoms with Gasteiger partial charge in [0, 0.05) is 42.7 Å². The molecule has 0 radical (unpaired) electrons. The van der Waals surface area contributed by atoms with E-state index in [1.807, 2.05) is 47.1 Å². The smallest absolute Gasteiger partial charge is 0.254 e. The molecule has 3 aromatic rings. The second-order valence-corrected chi connectivity index (χ2v) is 11.4. The van der Waals surface area contributed by atoms with Crippen LogP contribution in [0, 0.1) is 5.82 Å². The molecule has 5 rings (SSSR count). The highest BCUT2D eigenvalue weighted by atomic mass is 32.1. The summed E-state index contributed by atoms with van der Waals surface area (Å²) >= 11 is 1.72. The van der Waals surface area contributed by atoms with E-state index in [1.165, 1.54) is 10.9 Å². The number of rotatable bonds is 8. The molecule has 0 saturated carbocycles. The third kappa shape index (κ3) is 6.17. The van der Waals surface area contributed by atoms with Gasteiger partial charge in [0.05, 0.1) is 19.2 Å². The summed E-state index contributed by atoms with van der Waals surface area (Å²) in [4.78, 5) is 33.9. The molecular weight excluding hydrogens is 513 g/mol. The number of carbonyl (C=O) groups excluding carboxylic acids is 2. The van der Waals surface area contributed by atoms with Gasteiger partial charge in [-0.2, -0.15) is 0 Å². The molecule has 2 aliphatic rings. The number of hydrogen-bond donors (Lipinski definition) is 0. The standard InChI is InChI=1S/C31H36FN3O3S/c1-3-4-17-38-26-10-8-23(9-11-26)31(37)35-16-15-33(20-22(35)2)29(36)21-34-14-12-28-27(13-18-39-28)30(34)24-6-5-7-25(32)19-24/h5-11,13,18-19,22,30H,3-4,12,14-17,20-21H2,1-2H3. The van der Waals surface area contributed by atoms with Crippen molar-refractivity contribution in [2.45, 2.75) is 45.2 Å². The Morgan fingerprint density at radius 2 is 1.90 bits per heavy atom. The minimum Gasteiger partial charge on any atom is -0.494 e. The molecule has 1 aromatic heterocycles. The van der Waals surface area contributed by atoms with Crippen LogP contribution in [0.25, 0.3) is 0 Å². The molecule has 0 spiro atoms. The fourth-order valence-corrected chi connectivity index (χ4v) is 6.46. The predicted octanol–water partition coefficient (Wildman–Crippen LogP) is 5.39. The van der Waals surface area contributed by atoms with Crippen LogP contribution in [0.5, 0.6) is 5.75 Å². The second kappa shape index (κ2) is 12.3. The lowest BCUT2D eigenvalue weighted by Crippen LogP contribution is -2.57. The largest absolute Gasteiger partial charge is 0.494 e. The lowest BCUT2D eigenvalue weighted by atomic mass is 9.93. The number of thiophene rings is 1. The summed E-state index contributed by atoms with van der Waals surface area (Å²) < 4.78 is 19.8. The highest BCUT2D eigenvalue weighted by Gasteiger charge is 2.34. The minimum absolute atomic E-state index is 0.0260. The van der Waals surface area contributed by atoms with Gasteiger partial charge in [-0.3, -0.25) is 14.5 Å². The number of hydrogen-bond acceptors (Lipinski definition) is 5. The van der Waals surface area contributed by atoms with Crippen LogP contribution in [0.15, 0.2) is 60.0 Å². The van der Waals surface area contributed by atoms with Crippen LogP contribution >= 0.6 is 11.3 Å². The third-order valence-electron chi connectivity index (χ3n) is 7.68. The van der Waals surface area contributed by atoms with Crippen molar-refractivity contribution in [3.8, 4) is 5.75 Å². The molecule has 6 nitrogen and oxygen atoms in total. The van der Waals surface area contributed by atoms with Crippen molar-refractivity contribution in [2.75, 3.05) is 39.3 Å².